The average molecular weight is 207 g/mol. The van der Waals surface area contributed by atoms with Gasteiger partial charge in [-0.3, -0.25) is 4.79 Å². The second kappa shape index (κ2) is 4.01. The van der Waals surface area contributed by atoms with Gasteiger partial charge in [0.15, 0.2) is 0 Å². The lowest BCUT2D eigenvalue weighted by atomic mass is 10.1. The molecule has 0 aromatic heterocycles. The SMILES string of the molecule is Cc1ccc(N2CCCCC2=O)c(F)c1. The Balaban J connectivity index is 2.31. The highest BCUT2D eigenvalue weighted by Crippen LogP contribution is 2.24. The molecule has 1 aromatic carbocycles. The molecular formula is C12H14FNO. The van der Waals surface area contributed by atoms with Crippen LogP contribution in [0.3, 0.4) is 0 Å². The highest BCUT2D eigenvalue weighted by atomic mass is 19.1. The monoisotopic (exact) mass is 207 g/mol. The minimum absolute atomic E-state index is 0.0315. The van der Waals surface area contributed by atoms with Crippen molar-refractivity contribution in [3.8, 4) is 0 Å². The maximum atomic E-state index is 13.6. The lowest BCUT2D eigenvalue weighted by Crippen LogP contribution is -2.35. The fraction of sp³-hybridized carbons (Fsp3) is 0.417. The molecule has 0 radical (unpaired) electrons. The molecule has 1 fully saturated rings. The van der Waals surface area contributed by atoms with Crippen molar-refractivity contribution in [3.63, 3.8) is 0 Å². The highest BCUT2D eigenvalue weighted by molar-refractivity contribution is 5.94. The Morgan fingerprint density at radius 2 is 2.13 bits per heavy atom. The zero-order valence-electron chi connectivity index (χ0n) is 8.79. The number of carbonyl (C=O) groups excluding carboxylic acids is 1. The molecular weight excluding hydrogens is 193 g/mol. The van der Waals surface area contributed by atoms with Gasteiger partial charge in [-0.25, -0.2) is 4.39 Å². The van der Waals surface area contributed by atoms with E-state index in [0.29, 0.717) is 18.7 Å². The third-order valence-electron chi connectivity index (χ3n) is 2.72. The number of piperidine rings is 1. The predicted molar refractivity (Wildman–Crippen MR) is 57.3 cm³/mol. The van der Waals surface area contributed by atoms with Crippen molar-refractivity contribution in [1.82, 2.24) is 0 Å². The summed E-state index contributed by atoms with van der Waals surface area (Å²) in [4.78, 5) is 13.1. The molecule has 0 spiro atoms. The Hall–Kier alpha value is -1.38. The zero-order chi connectivity index (χ0) is 10.8. The largest absolute Gasteiger partial charge is 0.310 e. The molecule has 1 aromatic rings. The number of hydrogen-bond acceptors (Lipinski definition) is 1. The van der Waals surface area contributed by atoms with E-state index in [1.54, 1.807) is 11.0 Å². The minimum atomic E-state index is -0.301. The van der Waals surface area contributed by atoms with Gasteiger partial charge in [-0.05, 0) is 37.5 Å². The fourth-order valence-electron chi connectivity index (χ4n) is 1.89. The summed E-state index contributed by atoms with van der Waals surface area (Å²) in [5.41, 5.74) is 1.30. The second-order valence-corrected chi connectivity index (χ2v) is 3.96. The first-order valence-electron chi connectivity index (χ1n) is 5.25. The summed E-state index contributed by atoms with van der Waals surface area (Å²) in [6.45, 7) is 2.48. The molecule has 3 heteroatoms. The second-order valence-electron chi connectivity index (χ2n) is 3.96. The van der Waals surface area contributed by atoms with Gasteiger partial charge in [-0.2, -0.15) is 0 Å². The summed E-state index contributed by atoms with van der Waals surface area (Å²) in [6.07, 6.45) is 2.41. The Morgan fingerprint density at radius 3 is 2.80 bits per heavy atom. The number of carbonyl (C=O) groups is 1. The minimum Gasteiger partial charge on any atom is -0.310 e. The maximum absolute atomic E-state index is 13.6. The van der Waals surface area contributed by atoms with Gasteiger partial charge < -0.3 is 4.90 Å². The van der Waals surface area contributed by atoms with Crippen molar-refractivity contribution in [2.24, 2.45) is 0 Å². The van der Waals surface area contributed by atoms with E-state index in [0.717, 1.165) is 18.4 Å². The van der Waals surface area contributed by atoms with E-state index in [1.165, 1.54) is 6.07 Å². The van der Waals surface area contributed by atoms with Crippen LogP contribution in [0.5, 0.6) is 0 Å². The van der Waals surface area contributed by atoms with Crippen LogP contribution in [0.25, 0.3) is 0 Å². The molecule has 0 unspecified atom stereocenters. The first-order chi connectivity index (χ1) is 7.18. The smallest absolute Gasteiger partial charge is 0.227 e. The molecule has 2 nitrogen and oxygen atoms in total. The van der Waals surface area contributed by atoms with Crippen LogP contribution in [0.1, 0.15) is 24.8 Å². The van der Waals surface area contributed by atoms with Crippen molar-refractivity contribution in [2.45, 2.75) is 26.2 Å². The van der Waals surface area contributed by atoms with E-state index in [2.05, 4.69) is 0 Å². The van der Waals surface area contributed by atoms with Crippen LogP contribution < -0.4 is 4.90 Å². The first-order valence-corrected chi connectivity index (χ1v) is 5.25. The van der Waals surface area contributed by atoms with Gasteiger partial charge in [0.2, 0.25) is 5.91 Å². The standard InChI is InChI=1S/C12H14FNO/c1-9-5-6-11(10(13)8-9)14-7-3-2-4-12(14)15/h5-6,8H,2-4,7H2,1H3. The van der Waals surface area contributed by atoms with Gasteiger partial charge in [0.1, 0.15) is 5.82 Å². The molecule has 0 atom stereocenters. The average Bonchev–Trinajstić information content (AvgIpc) is 2.20. The molecule has 0 saturated carbocycles. The summed E-state index contributed by atoms with van der Waals surface area (Å²) >= 11 is 0. The van der Waals surface area contributed by atoms with Crippen molar-refractivity contribution >= 4 is 11.6 Å². The number of aryl methyl sites for hydroxylation is 1. The van der Waals surface area contributed by atoms with Gasteiger partial charge in [0.05, 0.1) is 5.69 Å². The topological polar surface area (TPSA) is 20.3 Å². The molecule has 0 aliphatic carbocycles. The summed E-state index contributed by atoms with van der Waals surface area (Å²) < 4.78 is 13.6. The van der Waals surface area contributed by atoms with Crippen LogP contribution in [-0.4, -0.2) is 12.5 Å². The molecule has 1 saturated heterocycles. The third kappa shape index (κ3) is 2.01. The fourth-order valence-corrected chi connectivity index (χ4v) is 1.89. The number of nitrogens with zero attached hydrogens (tertiary/aromatic N) is 1. The molecule has 1 amide bonds. The quantitative estimate of drug-likeness (QED) is 0.693. The lowest BCUT2D eigenvalue weighted by molar-refractivity contribution is -0.119. The van der Waals surface area contributed by atoms with E-state index in [4.69, 9.17) is 0 Å². The zero-order valence-corrected chi connectivity index (χ0v) is 8.79. The summed E-state index contributed by atoms with van der Waals surface area (Å²) in [5, 5.41) is 0. The Bertz CT molecular complexity index is 389. The summed E-state index contributed by atoms with van der Waals surface area (Å²) in [5.74, 6) is -0.269. The number of rotatable bonds is 1. The highest BCUT2D eigenvalue weighted by Gasteiger charge is 2.21. The van der Waals surface area contributed by atoms with Crippen molar-refractivity contribution in [1.29, 1.82) is 0 Å². The van der Waals surface area contributed by atoms with Crippen molar-refractivity contribution in [2.75, 3.05) is 11.4 Å². The van der Waals surface area contributed by atoms with Gasteiger partial charge in [0, 0.05) is 13.0 Å². The van der Waals surface area contributed by atoms with Gasteiger partial charge in [-0.15, -0.1) is 0 Å². The number of amides is 1. The van der Waals surface area contributed by atoms with Crippen LogP contribution in [0.4, 0.5) is 10.1 Å². The molecule has 80 valence electrons. The number of hydrogen-bond donors (Lipinski definition) is 0. The lowest BCUT2D eigenvalue weighted by Gasteiger charge is -2.27. The Kier molecular flexibility index (Phi) is 2.71. The van der Waals surface area contributed by atoms with Gasteiger partial charge >= 0.3 is 0 Å². The number of benzene rings is 1. The van der Waals surface area contributed by atoms with Crippen molar-refractivity contribution in [3.05, 3.63) is 29.6 Å². The van der Waals surface area contributed by atoms with Crippen LogP contribution in [-0.2, 0) is 4.79 Å². The molecule has 2 rings (SSSR count). The van der Waals surface area contributed by atoms with E-state index < -0.39 is 0 Å². The van der Waals surface area contributed by atoms with E-state index in [1.807, 2.05) is 13.0 Å². The molecule has 1 aliphatic rings. The van der Waals surface area contributed by atoms with Crippen molar-refractivity contribution < 1.29 is 9.18 Å². The molecule has 15 heavy (non-hydrogen) atoms. The number of halogens is 1. The summed E-state index contributed by atoms with van der Waals surface area (Å²) in [6, 6.07) is 4.99. The van der Waals surface area contributed by atoms with Crippen LogP contribution in [0.15, 0.2) is 18.2 Å². The van der Waals surface area contributed by atoms with Gasteiger partial charge in [0.25, 0.3) is 0 Å². The van der Waals surface area contributed by atoms with Crippen LogP contribution in [0, 0.1) is 12.7 Å². The van der Waals surface area contributed by atoms with E-state index in [9.17, 15) is 9.18 Å². The van der Waals surface area contributed by atoms with Crippen LogP contribution >= 0.6 is 0 Å². The molecule has 0 bridgehead atoms. The first kappa shape index (κ1) is 10.1. The molecule has 1 aliphatic heterocycles. The van der Waals surface area contributed by atoms with E-state index in [-0.39, 0.29) is 11.7 Å². The summed E-state index contributed by atoms with van der Waals surface area (Å²) in [7, 11) is 0. The third-order valence-corrected chi connectivity index (χ3v) is 2.72. The van der Waals surface area contributed by atoms with E-state index >= 15 is 0 Å². The Morgan fingerprint density at radius 1 is 1.33 bits per heavy atom. The number of anilines is 1. The van der Waals surface area contributed by atoms with Crippen LogP contribution in [0.2, 0.25) is 0 Å². The van der Waals surface area contributed by atoms with Gasteiger partial charge in [-0.1, -0.05) is 6.07 Å². The maximum Gasteiger partial charge on any atom is 0.227 e. The predicted octanol–water partition coefficient (Wildman–Crippen LogP) is 2.65. The molecule has 1 heterocycles. The molecule has 0 N–H and O–H groups in total. The normalized spacial score (nSPS) is 16.9. The Labute approximate surface area is 88.7 Å².